The largest absolute Gasteiger partial charge is 0.503 e. The van der Waals surface area contributed by atoms with Gasteiger partial charge in [0.1, 0.15) is 0 Å². The normalized spacial score (nSPS) is 10.5. The van der Waals surface area contributed by atoms with Gasteiger partial charge in [-0.15, -0.1) is 0 Å². The molecule has 130 valence electrons. The molecule has 0 bridgehead atoms. The number of nitro benzene ring substituents is 2. The maximum atomic E-state index is 11.8. The Hall–Kier alpha value is -4.01. The Balaban J connectivity index is 2.16. The molecule has 3 aromatic rings. The van der Waals surface area contributed by atoms with E-state index in [1.807, 2.05) is 0 Å². The van der Waals surface area contributed by atoms with Crippen molar-refractivity contribution in [3.8, 4) is 28.1 Å². The van der Waals surface area contributed by atoms with E-state index in [1.54, 1.807) is 0 Å². The third kappa shape index (κ3) is 3.13. The number of benzene rings is 2. The highest BCUT2D eigenvalue weighted by molar-refractivity contribution is 5.82. The Labute approximate surface area is 145 Å². The molecule has 0 saturated carbocycles. The molecule has 0 fully saturated rings. The van der Waals surface area contributed by atoms with E-state index in [0.29, 0.717) is 22.4 Å². The van der Waals surface area contributed by atoms with Gasteiger partial charge in [-0.2, -0.15) is 0 Å². The van der Waals surface area contributed by atoms with Gasteiger partial charge in [-0.3, -0.25) is 25.0 Å². The number of aromatic amines is 1. The van der Waals surface area contributed by atoms with Crippen molar-refractivity contribution in [2.24, 2.45) is 0 Å². The summed E-state index contributed by atoms with van der Waals surface area (Å²) in [6.45, 7) is 0. The van der Waals surface area contributed by atoms with Crippen LogP contribution < -0.4 is 5.56 Å². The molecule has 26 heavy (non-hydrogen) atoms. The van der Waals surface area contributed by atoms with Crippen LogP contribution >= 0.6 is 0 Å². The number of non-ortho nitro benzene ring substituents is 2. The summed E-state index contributed by atoms with van der Waals surface area (Å²) in [5, 5.41) is 31.3. The van der Waals surface area contributed by atoms with E-state index in [-0.39, 0.29) is 11.4 Å². The standard InChI is InChI=1S/C17H11N3O6/c21-15-9-14(10-1-5-12(6-2-10)19(23)24)16(18-17(15)22)11-3-7-13(8-4-11)20(25)26/h1-9,21H,(H,18,22). The zero-order chi connectivity index (χ0) is 18.8. The van der Waals surface area contributed by atoms with Crippen LogP contribution in [0.3, 0.4) is 0 Å². The van der Waals surface area contributed by atoms with Crippen molar-refractivity contribution in [3.05, 3.63) is 85.2 Å². The van der Waals surface area contributed by atoms with Crippen molar-refractivity contribution in [3.63, 3.8) is 0 Å². The maximum absolute atomic E-state index is 11.8. The van der Waals surface area contributed by atoms with Crippen LogP contribution in [0.4, 0.5) is 11.4 Å². The van der Waals surface area contributed by atoms with E-state index in [9.17, 15) is 30.1 Å². The van der Waals surface area contributed by atoms with Crippen LogP contribution in [-0.2, 0) is 0 Å². The number of H-pyrrole nitrogens is 1. The number of hydrogen-bond acceptors (Lipinski definition) is 6. The lowest BCUT2D eigenvalue weighted by atomic mass is 9.98. The van der Waals surface area contributed by atoms with Gasteiger partial charge in [0.25, 0.3) is 16.9 Å². The highest BCUT2D eigenvalue weighted by Gasteiger charge is 2.14. The molecule has 3 rings (SSSR count). The minimum atomic E-state index is -0.719. The van der Waals surface area contributed by atoms with Crippen molar-refractivity contribution < 1.29 is 15.0 Å². The van der Waals surface area contributed by atoms with E-state index in [4.69, 9.17) is 0 Å². The van der Waals surface area contributed by atoms with Crippen molar-refractivity contribution in [2.45, 2.75) is 0 Å². The second kappa shape index (κ2) is 6.48. The predicted molar refractivity (Wildman–Crippen MR) is 92.9 cm³/mol. The summed E-state index contributed by atoms with van der Waals surface area (Å²) in [5.74, 6) is -0.510. The quantitative estimate of drug-likeness (QED) is 0.545. The van der Waals surface area contributed by atoms with E-state index in [2.05, 4.69) is 4.98 Å². The lowest BCUT2D eigenvalue weighted by Gasteiger charge is -2.10. The Kier molecular flexibility index (Phi) is 4.19. The highest BCUT2D eigenvalue weighted by atomic mass is 16.6. The number of pyridine rings is 1. The number of aromatic hydroxyl groups is 1. The fraction of sp³-hybridized carbons (Fsp3) is 0. The van der Waals surface area contributed by atoms with Crippen LogP contribution in [0.1, 0.15) is 0 Å². The van der Waals surface area contributed by atoms with Gasteiger partial charge < -0.3 is 10.1 Å². The van der Waals surface area contributed by atoms with Gasteiger partial charge in [0.05, 0.1) is 15.5 Å². The number of nitrogens with one attached hydrogen (secondary N) is 1. The van der Waals surface area contributed by atoms with Gasteiger partial charge in [-0.25, -0.2) is 0 Å². The van der Waals surface area contributed by atoms with Gasteiger partial charge in [-0.1, -0.05) is 0 Å². The molecule has 0 saturated heterocycles. The molecule has 1 aromatic heterocycles. The maximum Gasteiger partial charge on any atom is 0.290 e. The fourth-order valence-electron chi connectivity index (χ4n) is 2.49. The number of nitro groups is 2. The Morgan fingerprint density at radius 2 is 1.27 bits per heavy atom. The van der Waals surface area contributed by atoms with Gasteiger partial charge in [0, 0.05) is 29.8 Å². The second-order valence-corrected chi connectivity index (χ2v) is 5.38. The SMILES string of the molecule is O=c1[nH]c(-c2ccc([N+](=O)[O-])cc2)c(-c2ccc([N+](=O)[O-])cc2)cc1O. The molecule has 1 heterocycles. The summed E-state index contributed by atoms with van der Waals surface area (Å²) < 4.78 is 0. The molecule has 2 aromatic carbocycles. The van der Waals surface area contributed by atoms with Crippen molar-refractivity contribution in [1.29, 1.82) is 0 Å². The van der Waals surface area contributed by atoms with Crippen LogP contribution in [-0.4, -0.2) is 19.9 Å². The molecule has 0 aliphatic carbocycles. The second-order valence-electron chi connectivity index (χ2n) is 5.38. The predicted octanol–water partition coefficient (Wildman–Crippen LogP) is 3.23. The summed E-state index contributed by atoms with van der Waals surface area (Å²) in [4.78, 5) is 34.8. The van der Waals surface area contributed by atoms with Gasteiger partial charge in [-0.05, 0) is 41.5 Å². The lowest BCUT2D eigenvalue weighted by molar-refractivity contribution is -0.385. The summed E-state index contributed by atoms with van der Waals surface area (Å²) in [6, 6.07) is 12.3. The molecule has 0 amide bonds. The third-order valence-electron chi connectivity index (χ3n) is 3.78. The minimum Gasteiger partial charge on any atom is -0.503 e. The first kappa shape index (κ1) is 16.8. The molecular weight excluding hydrogens is 342 g/mol. The Bertz CT molecular complexity index is 1060. The molecule has 0 spiro atoms. The van der Waals surface area contributed by atoms with E-state index < -0.39 is 21.2 Å². The van der Waals surface area contributed by atoms with Crippen LogP contribution in [0.5, 0.6) is 5.75 Å². The highest BCUT2D eigenvalue weighted by Crippen LogP contribution is 2.33. The van der Waals surface area contributed by atoms with Crippen molar-refractivity contribution >= 4 is 11.4 Å². The van der Waals surface area contributed by atoms with Crippen LogP contribution in [0.2, 0.25) is 0 Å². The van der Waals surface area contributed by atoms with Crippen LogP contribution in [0.25, 0.3) is 22.4 Å². The van der Waals surface area contributed by atoms with Gasteiger partial charge in [0.15, 0.2) is 5.75 Å². The monoisotopic (exact) mass is 353 g/mol. The van der Waals surface area contributed by atoms with Crippen LogP contribution in [0.15, 0.2) is 59.4 Å². The van der Waals surface area contributed by atoms with Crippen molar-refractivity contribution in [2.75, 3.05) is 0 Å². The van der Waals surface area contributed by atoms with E-state index in [0.717, 1.165) is 0 Å². The first-order valence-electron chi connectivity index (χ1n) is 7.33. The van der Waals surface area contributed by atoms with E-state index >= 15 is 0 Å². The first-order chi connectivity index (χ1) is 12.4. The molecule has 9 nitrogen and oxygen atoms in total. The molecule has 0 aliphatic rings. The number of rotatable bonds is 4. The average molecular weight is 353 g/mol. The number of hydrogen-bond donors (Lipinski definition) is 2. The Morgan fingerprint density at radius 1 is 0.808 bits per heavy atom. The summed E-state index contributed by atoms with van der Waals surface area (Å²) in [5.41, 5.74) is 0.842. The lowest BCUT2D eigenvalue weighted by Crippen LogP contribution is -2.07. The molecule has 0 atom stereocenters. The molecule has 0 radical (unpaired) electrons. The first-order valence-corrected chi connectivity index (χ1v) is 7.33. The van der Waals surface area contributed by atoms with Gasteiger partial charge in [0.2, 0.25) is 0 Å². The molecule has 9 heteroatoms. The van der Waals surface area contributed by atoms with E-state index in [1.165, 1.54) is 54.6 Å². The molecule has 0 unspecified atom stereocenters. The molecule has 2 N–H and O–H groups in total. The zero-order valence-corrected chi connectivity index (χ0v) is 13.1. The van der Waals surface area contributed by atoms with Gasteiger partial charge >= 0.3 is 0 Å². The summed E-state index contributed by atoms with van der Waals surface area (Å²) in [7, 11) is 0. The molecule has 0 aliphatic heterocycles. The Morgan fingerprint density at radius 3 is 1.73 bits per heavy atom. The summed E-state index contributed by atoms with van der Waals surface area (Å²) >= 11 is 0. The summed E-state index contributed by atoms with van der Waals surface area (Å²) in [6.07, 6.45) is 0. The fourth-order valence-corrected chi connectivity index (χ4v) is 2.49. The van der Waals surface area contributed by atoms with Crippen molar-refractivity contribution in [1.82, 2.24) is 4.98 Å². The number of nitrogens with zero attached hydrogens (tertiary/aromatic N) is 2. The average Bonchev–Trinajstić information content (AvgIpc) is 2.63. The number of aromatic nitrogens is 1. The van der Waals surface area contributed by atoms with Crippen LogP contribution in [0, 0.1) is 20.2 Å². The minimum absolute atomic E-state index is 0.0979. The zero-order valence-electron chi connectivity index (χ0n) is 13.1. The topological polar surface area (TPSA) is 139 Å². The third-order valence-corrected chi connectivity index (χ3v) is 3.78. The molecular formula is C17H11N3O6. The smallest absolute Gasteiger partial charge is 0.290 e.